The molecule has 14 bridgehead atoms. The number of hydrogen-bond acceptors (Lipinski definition) is 4. The Labute approximate surface area is 553 Å². The smallest absolute Gasteiger partial charge is 0.200 e. The minimum atomic E-state index is -3.24. The van der Waals surface area contributed by atoms with Gasteiger partial charge in [0.1, 0.15) is 8.07 Å². The standard InChI is InChI=1S/C73H40F20N6Si/c1-26(2)100(27(3)4,28(5)6)25-24-30-43(29-10-8-7-9-11-29)45-33-16-18-37(96-33)48(52-58(78)66(86)72(92)67(87)59(52)79)41-22-20-39(98-41)46(50-54(74)62(82)70(90)63(83)55(50)75)35-14-12-31(94-35)44(30)32-13-15-36(95-32)47(51-56(76)64(84)71(91)65(85)57(51)77)40-21-23-42(99-40)49(38-19-17-34(45)97-38)53-60(80)68(88)73(93)69(89)61(53)81/h7-23,26-28,98-99H,1-6H3. The predicted octanol–water partition coefficient (Wildman–Crippen LogP) is 18.0. The number of nitrogens with one attached hydrogen (secondary N) is 2. The first-order valence-electron chi connectivity index (χ1n) is 30.0. The molecule has 0 fully saturated rings. The van der Waals surface area contributed by atoms with E-state index in [2.05, 4.69) is 21.4 Å². The first-order valence-corrected chi connectivity index (χ1v) is 32.3. The molecule has 0 unspecified atom stereocenters. The first-order chi connectivity index (χ1) is 47.4. The molecular weight excluding hydrogens is 1370 g/mol. The number of fused-ring (bicyclic) bond motifs is 12. The third kappa shape index (κ3) is 10.2. The van der Waals surface area contributed by atoms with Crippen molar-refractivity contribution in [2.75, 3.05) is 0 Å². The Morgan fingerprint density at radius 2 is 0.570 bits per heavy atom. The number of hydrogen-bond donors (Lipinski definition) is 2. The summed E-state index contributed by atoms with van der Waals surface area (Å²) in [6.45, 7) is 11.4. The normalized spacial score (nSPS) is 15.9. The highest BCUT2D eigenvalue weighted by molar-refractivity contribution is 6.90. The molecule has 0 saturated heterocycles. The molecule has 0 saturated carbocycles. The summed E-state index contributed by atoms with van der Waals surface area (Å²) in [5, 5.41) is -1.49. The Morgan fingerprint density at radius 3 is 0.900 bits per heavy atom. The molecule has 27 heteroatoms. The lowest BCUT2D eigenvalue weighted by molar-refractivity contribution is 0.376. The van der Waals surface area contributed by atoms with Crippen molar-refractivity contribution in [3.05, 3.63) is 309 Å². The van der Waals surface area contributed by atoms with E-state index in [0.717, 1.165) is 72.9 Å². The predicted molar refractivity (Wildman–Crippen MR) is 335 cm³/mol. The van der Waals surface area contributed by atoms with Crippen molar-refractivity contribution in [1.82, 2.24) is 9.97 Å². The van der Waals surface area contributed by atoms with Gasteiger partial charge in [0.25, 0.3) is 0 Å². The fourth-order valence-corrected chi connectivity index (χ4v) is 18.7. The van der Waals surface area contributed by atoms with Crippen LogP contribution in [0.15, 0.2) is 163 Å². The zero-order valence-corrected chi connectivity index (χ0v) is 52.9. The fraction of sp³-hybridized carbons (Fsp3) is 0.123. The van der Waals surface area contributed by atoms with Gasteiger partial charge in [0.2, 0.25) is 23.3 Å². The van der Waals surface area contributed by atoms with Crippen molar-refractivity contribution in [3.8, 4) is 11.5 Å². The lowest BCUT2D eigenvalue weighted by atomic mass is 9.84. The summed E-state index contributed by atoms with van der Waals surface area (Å²) >= 11 is 0. The van der Waals surface area contributed by atoms with Gasteiger partial charge < -0.3 is 9.97 Å². The largest absolute Gasteiger partial charge is 0.354 e. The summed E-state index contributed by atoms with van der Waals surface area (Å²) in [7, 11) is -3.24. The summed E-state index contributed by atoms with van der Waals surface area (Å²) in [6, 6.07) is 10.8. The summed E-state index contributed by atoms with van der Waals surface area (Å²) in [5.41, 5.74) is -15.8. The van der Waals surface area contributed by atoms with Crippen molar-refractivity contribution in [3.63, 3.8) is 0 Å². The molecule has 0 aliphatic carbocycles. The van der Waals surface area contributed by atoms with Crippen molar-refractivity contribution >= 4 is 58.8 Å². The molecule has 100 heavy (non-hydrogen) atoms. The molecule has 2 aromatic heterocycles. The fourth-order valence-electron chi connectivity index (χ4n) is 13.5. The van der Waals surface area contributed by atoms with Crippen LogP contribution in [0.4, 0.5) is 87.8 Å². The molecule has 0 atom stereocenters. The molecule has 2 N–H and O–H groups in total. The van der Waals surface area contributed by atoms with E-state index in [1.165, 1.54) is 30.3 Å². The molecule has 0 radical (unpaired) electrons. The highest BCUT2D eigenvalue weighted by Crippen LogP contribution is 2.47. The van der Waals surface area contributed by atoms with Crippen molar-refractivity contribution < 1.29 is 87.8 Å². The van der Waals surface area contributed by atoms with Crippen LogP contribution in [0.5, 0.6) is 0 Å². The van der Waals surface area contributed by atoms with E-state index < -0.39 is 237 Å². The number of benzene rings is 5. The van der Waals surface area contributed by atoms with Gasteiger partial charge in [-0.05, 0) is 95.1 Å². The van der Waals surface area contributed by atoms with E-state index in [-0.39, 0.29) is 44.5 Å². The summed E-state index contributed by atoms with van der Waals surface area (Å²) in [5.74, 6) is -47.3. The van der Waals surface area contributed by atoms with E-state index in [9.17, 15) is 0 Å². The third-order valence-corrected chi connectivity index (χ3v) is 24.3. The second-order valence-corrected chi connectivity index (χ2v) is 29.8. The number of aliphatic imine (C=N–C) groups is 4. The van der Waals surface area contributed by atoms with Gasteiger partial charge >= 0.3 is 0 Å². The number of rotatable bonds is 8. The minimum Gasteiger partial charge on any atom is -0.354 e. The monoisotopic (exact) mass is 1410 g/mol. The van der Waals surface area contributed by atoms with Gasteiger partial charge in [0.05, 0.1) is 67.9 Å². The summed E-state index contributed by atoms with van der Waals surface area (Å²) in [6.07, 6.45) is 8.34. The first kappa shape index (κ1) is 67.7. The Morgan fingerprint density at radius 1 is 0.290 bits per heavy atom. The van der Waals surface area contributed by atoms with Crippen LogP contribution in [-0.4, -0.2) is 40.9 Å². The van der Waals surface area contributed by atoms with Gasteiger partial charge in [-0.2, -0.15) is 0 Å². The van der Waals surface area contributed by atoms with Crippen LogP contribution in [0.2, 0.25) is 16.6 Å². The van der Waals surface area contributed by atoms with Crippen LogP contribution in [0.25, 0.3) is 27.9 Å². The van der Waals surface area contributed by atoms with Crippen LogP contribution in [0, 0.1) is 128 Å². The number of nitrogens with zero attached hydrogens (tertiary/aromatic N) is 4. The Kier molecular flexibility index (Phi) is 16.8. The Hall–Kier alpha value is -10.9. The van der Waals surface area contributed by atoms with E-state index >= 15 is 87.8 Å². The molecular formula is C73H40F20N6Si. The average molecular weight is 1410 g/mol. The molecule has 7 aromatic rings. The molecule has 6 aliphatic rings. The van der Waals surface area contributed by atoms with Gasteiger partial charge in [-0.1, -0.05) is 77.8 Å². The van der Waals surface area contributed by atoms with Gasteiger partial charge in [-0.25, -0.2) is 108 Å². The highest BCUT2D eigenvalue weighted by atomic mass is 28.3. The highest BCUT2D eigenvalue weighted by Gasteiger charge is 2.44. The second-order valence-electron chi connectivity index (χ2n) is 24.2. The molecule has 13 rings (SSSR count). The average Bonchev–Trinajstić information content (AvgIpc) is 1.53. The topological polar surface area (TPSA) is 81.0 Å². The van der Waals surface area contributed by atoms with Crippen LogP contribution < -0.4 is 10.7 Å². The van der Waals surface area contributed by atoms with Crippen molar-refractivity contribution in [2.45, 2.75) is 58.2 Å². The summed E-state index contributed by atoms with van der Waals surface area (Å²) in [4.78, 5) is 24.3. The molecule has 6 aliphatic heterocycles. The molecule has 8 heterocycles. The maximum absolute atomic E-state index is 16.8. The zero-order valence-electron chi connectivity index (χ0n) is 51.9. The van der Waals surface area contributed by atoms with Gasteiger partial charge in [0, 0.05) is 66.7 Å². The molecule has 0 amide bonds. The zero-order chi connectivity index (χ0) is 71.9. The van der Waals surface area contributed by atoms with Crippen LogP contribution in [0.3, 0.4) is 0 Å². The van der Waals surface area contributed by atoms with Gasteiger partial charge in [-0.3, -0.25) is 0 Å². The van der Waals surface area contributed by atoms with Crippen LogP contribution in [-0.2, 0) is 0 Å². The molecule has 5 aromatic carbocycles. The number of halogens is 20. The molecule has 506 valence electrons. The minimum absolute atomic E-state index is 0.0314. The number of H-pyrrole nitrogens is 2. The van der Waals surface area contributed by atoms with Crippen molar-refractivity contribution in [2.24, 2.45) is 20.0 Å². The lowest BCUT2D eigenvalue weighted by Crippen LogP contribution is -2.43. The number of aromatic amines is 2. The number of allylic oxidation sites excluding steroid dienone is 12. The quantitative estimate of drug-likeness (QED) is 0.0500. The Bertz CT molecular complexity index is 5430. The molecule has 0 spiro atoms. The maximum atomic E-state index is 16.8. The van der Waals surface area contributed by atoms with Gasteiger partial charge in [-0.15, -0.1) is 5.54 Å². The van der Waals surface area contributed by atoms with E-state index in [1.54, 1.807) is 0 Å². The van der Waals surface area contributed by atoms with Crippen LogP contribution >= 0.6 is 0 Å². The third-order valence-electron chi connectivity index (χ3n) is 18.0. The maximum Gasteiger partial charge on any atom is 0.200 e. The SMILES string of the molecule is CC(C)[Si](C#CC1=C(c2ccccc2)C2=C3C=CC(=N3)C(c3c(F)c(F)c(F)c(F)c3F)=c3ccc([nH]3)=C(c3c(F)c(F)c(F)c(F)c3F)C3=NC(=C1C1=NC(=C(c4c(F)c(F)c(F)c(F)c4F)c4ccc([nH]4)C(c4c(F)c(F)c(F)c(F)c4F)=C4C=CC2=N4)C=C1)C=C3)(C(C)C)C(C)C. The lowest BCUT2D eigenvalue weighted by Gasteiger charge is -2.38. The van der Waals surface area contributed by atoms with E-state index in [1.807, 2.05) is 41.5 Å². The van der Waals surface area contributed by atoms with E-state index in [0.29, 0.717) is 0 Å². The van der Waals surface area contributed by atoms with Crippen LogP contribution in [0.1, 0.15) is 80.7 Å². The summed E-state index contributed by atoms with van der Waals surface area (Å²) < 4.78 is 321. The second kappa shape index (κ2) is 24.8. The molecule has 6 nitrogen and oxygen atoms in total. The van der Waals surface area contributed by atoms with Crippen molar-refractivity contribution in [1.29, 1.82) is 0 Å². The Balaban J connectivity index is 1.34. The number of aromatic nitrogens is 2. The van der Waals surface area contributed by atoms with Gasteiger partial charge in [0.15, 0.2) is 93.1 Å². The van der Waals surface area contributed by atoms with E-state index in [4.69, 9.17) is 20.0 Å².